The van der Waals surface area contributed by atoms with Crippen LogP contribution in [-0.2, 0) is 6.18 Å². The molecule has 0 saturated carbocycles. The van der Waals surface area contributed by atoms with Gasteiger partial charge in [-0.1, -0.05) is 13.8 Å². The molecule has 0 bridgehead atoms. The van der Waals surface area contributed by atoms with Crippen LogP contribution in [-0.4, -0.2) is 10.2 Å². The molecule has 0 unspecified atom stereocenters. The molecule has 1 aromatic rings. The van der Waals surface area contributed by atoms with Crippen molar-refractivity contribution < 1.29 is 13.2 Å². The third-order valence-corrected chi connectivity index (χ3v) is 2.57. The number of thioether (sulfide) groups is 1. The van der Waals surface area contributed by atoms with Crippen LogP contribution in [0.1, 0.15) is 19.5 Å². The van der Waals surface area contributed by atoms with Crippen molar-refractivity contribution in [3.8, 4) is 0 Å². The summed E-state index contributed by atoms with van der Waals surface area (Å²) in [5, 5.41) is 0.0662. The maximum atomic E-state index is 12.5. The average Bonchev–Trinajstić information content (AvgIpc) is 2.05. The predicted octanol–water partition coefficient (Wildman–Crippen LogP) is 3.18. The van der Waals surface area contributed by atoms with Crippen molar-refractivity contribution in [3.05, 3.63) is 17.8 Å². The monoisotopic (exact) mass is 236 g/mol. The number of hydrogen-bond donors (Lipinski definition) is 1. The number of aromatic nitrogens is 1. The first-order chi connectivity index (χ1) is 6.80. The Morgan fingerprint density at radius 1 is 1.33 bits per heavy atom. The maximum absolute atomic E-state index is 12.5. The Morgan fingerprint density at radius 3 is 2.40 bits per heavy atom. The molecule has 0 aliphatic heterocycles. The van der Waals surface area contributed by atoms with Crippen LogP contribution >= 0.6 is 11.8 Å². The van der Waals surface area contributed by atoms with Crippen LogP contribution in [0.3, 0.4) is 0 Å². The maximum Gasteiger partial charge on any atom is 0.434 e. The molecule has 0 aliphatic carbocycles. The van der Waals surface area contributed by atoms with Gasteiger partial charge in [-0.05, 0) is 12.1 Å². The highest BCUT2D eigenvalue weighted by Gasteiger charge is 2.35. The van der Waals surface area contributed by atoms with Gasteiger partial charge in [-0.2, -0.15) is 13.2 Å². The number of nitrogens with zero attached hydrogens (tertiary/aromatic N) is 1. The van der Waals surface area contributed by atoms with Gasteiger partial charge in [0, 0.05) is 10.1 Å². The van der Waals surface area contributed by atoms with E-state index in [1.807, 2.05) is 13.8 Å². The van der Waals surface area contributed by atoms with E-state index < -0.39 is 11.9 Å². The summed E-state index contributed by atoms with van der Waals surface area (Å²) in [6, 6.07) is 2.73. The third-order valence-electron chi connectivity index (χ3n) is 1.51. The molecular weight excluding hydrogens is 225 g/mol. The minimum Gasteiger partial charge on any atom is -0.384 e. The largest absolute Gasteiger partial charge is 0.434 e. The molecular formula is C9H11F3N2S. The first-order valence-corrected chi connectivity index (χ1v) is 5.19. The lowest BCUT2D eigenvalue weighted by molar-refractivity contribution is -0.143. The highest BCUT2D eigenvalue weighted by Crippen LogP contribution is 2.37. The Hall–Kier alpha value is -0.910. The molecule has 84 valence electrons. The molecule has 0 fully saturated rings. The van der Waals surface area contributed by atoms with Crippen molar-refractivity contribution in [2.24, 2.45) is 0 Å². The van der Waals surface area contributed by atoms with Crippen LogP contribution < -0.4 is 5.73 Å². The van der Waals surface area contributed by atoms with E-state index in [0.29, 0.717) is 0 Å². The second-order valence-corrected chi connectivity index (χ2v) is 4.87. The Morgan fingerprint density at radius 2 is 1.93 bits per heavy atom. The van der Waals surface area contributed by atoms with Gasteiger partial charge in [-0.3, -0.25) is 0 Å². The van der Waals surface area contributed by atoms with Gasteiger partial charge in [0.25, 0.3) is 0 Å². The molecule has 15 heavy (non-hydrogen) atoms. The SMILES string of the molecule is CC(C)Sc1ccc(N)nc1C(F)(F)F. The van der Waals surface area contributed by atoms with E-state index in [1.165, 1.54) is 12.1 Å². The Labute approximate surface area is 90.1 Å². The van der Waals surface area contributed by atoms with Gasteiger partial charge in [0.15, 0.2) is 5.69 Å². The molecule has 1 rings (SSSR count). The zero-order valence-corrected chi connectivity index (χ0v) is 9.12. The topological polar surface area (TPSA) is 38.9 Å². The Kier molecular flexibility index (Phi) is 3.49. The number of rotatable bonds is 2. The highest BCUT2D eigenvalue weighted by atomic mass is 32.2. The normalized spacial score (nSPS) is 12.1. The summed E-state index contributed by atoms with van der Waals surface area (Å²) in [5.41, 5.74) is 4.33. The lowest BCUT2D eigenvalue weighted by Crippen LogP contribution is -2.11. The van der Waals surface area contributed by atoms with E-state index in [9.17, 15) is 13.2 Å². The predicted molar refractivity (Wildman–Crippen MR) is 54.6 cm³/mol. The number of alkyl halides is 3. The van der Waals surface area contributed by atoms with Crippen molar-refractivity contribution in [2.75, 3.05) is 5.73 Å². The van der Waals surface area contributed by atoms with E-state index in [0.717, 1.165) is 11.8 Å². The molecule has 0 radical (unpaired) electrons. The van der Waals surface area contributed by atoms with Crippen LogP contribution in [0.15, 0.2) is 17.0 Å². The van der Waals surface area contributed by atoms with Crippen LogP contribution in [0.5, 0.6) is 0 Å². The van der Waals surface area contributed by atoms with E-state index in [1.54, 1.807) is 0 Å². The quantitative estimate of drug-likeness (QED) is 0.801. The number of nitrogen functional groups attached to an aromatic ring is 1. The fraction of sp³-hybridized carbons (Fsp3) is 0.444. The minimum absolute atomic E-state index is 0.0662. The first kappa shape index (κ1) is 12.2. The summed E-state index contributed by atoms with van der Waals surface area (Å²) < 4.78 is 37.6. The number of halogens is 3. The Bertz CT molecular complexity index is 350. The lowest BCUT2D eigenvalue weighted by atomic mass is 10.3. The van der Waals surface area contributed by atoms with Gasteiger partial charge in [-0.15, -0.1) is 11.8 Å². The fourth-order valence-corrected chi connectivity index (χ4v) is 1.94. The van der Waals surface area contributed by atoms with Crippen LogP contribution in [0.4, 0.5) is 19.0 Å². The van der Waals surface area contributed by atoms with Crippen LogP contribution in [0.25, 0.3) is 0 Å². The number of nitrogens with two attached hydrogens (primary N) is 1. The second-order valence-electron chi connectivity index (χ2n) is 3.25. The second kappa shape index (κ2) is 4.30. The molecule has 0 aromatic carbocycles. The minimum atomic E-state index is -4.45. The zero-order chi connectivity index (χ0) is 11.6. The lowest BCUT2D eigenvalue weighted by Gasteiger charge is -2.13. The van der Waals surface area contributed by atoms with Crippen molar-refractivity contribution in [3.63, 3.8) is 0 Å². The fourth-order valence-electron chi connectivity index (χ4n) is 1.01. The number of hydrogen-bond acceptors (Lipinski definition) is 3. The third kappa shape index (κ3) is 3.30. The summed E-state index contributed by atoms with van der Waals surface area (Å²) in [6.07, 6.45) is -4.45. The molecule has 1 heterocycles. The summed E-state index contributed by atoms with van der Waals surface area (Å²) in [5.74, 6) is -0.115. The highest BCUT2D eigenvalue weighted by molar-refractivity contribution is 8.00. The zero-order valence-electron chi connectivity index (χ0n) is 8.30. The van der Waals surface area contributed by atoms with Crippen molar-refractivity contribution in [2.45, 2.75) is 30.2 Å². The average molecular weight is 236 g/mol. The van der Waals surface area contributed by atoms with Crippen molar-refractivity contribution in [1.82, 2.24) is 4.98 Å². The molecule has 2 N–H and O–H groups in total. The number of anilines is 1. The van der Waals surface area contributed by atoms with E-state index in [2.05, 4.69) is 4.98 Å². The summed E-state index contributed by atoms with van der Waals surface area (Å²) in [4.78, 5) is 3.45. The van der Waals surface area contributed by atoms with Gasteiger partial charge < -0.3 is 5.73 Å². The summed E-state index contributed by atoms with van der Waals surface area (Å²) in [6.45, 7) is 3.64. The number of pyridine rings is 1. The van der Waals surface area contributed by atoms with Crippen molar-refractivity contribution in [1.29, 1.82) is 0 Å². The van der Waals surface area contributed by atoms with Gasteiger partial charge in [0.2, 0.25) is 0 Å². The molecule has 0 atom stereocenters. The van der Waals surface area contributed by atoms with Crippen molar-refractivity contribution >= 4 is 17.6 Å². The van der Waals surface area contributed by atoms with Gasteiger partial charge in [-0.25, -0.2) is 4.98 Å². The molecule has 6 heteroatoms. The Balaban J connectivity index is 3.15. The van der Waals surface area contributed by atoms with Gasteiger partial charge >= 0.3 is 6.18 Å². The van der Waals surface area contributed by atoms with Crippen LogP contribution in [0, 0.1) is 0 Å². The van der Waals surface area contributed by atoms with Crippen LogP contribution in [0.2, 0.25) is 0 Å². The van der Waals surface area contributed by atoms with Gasteiger partial charge in [0.1, 0.15) is 5.82 Å². The standard InChI is InChI=1S/C9H11F3N2S/c1-5(2)15-6-3-4-7(13)14-8(6)9(10,11)12/h3-5H,1-2H3,(H2,13,14). The van der Waals surface area contributed by atoms with E-state index >= 15 is 0 Å². The van der Waals surface area contributed by atoms with E-state index in [4.69, 9.17) is 5.73 Å². The summed E-state index contributed by atoms with van der Waals surface area (Å²) >= 11 is 1.12. The molecule has 0 amide bonds. The molecule has 0 spiro atoms. The molecule has 1 aromatic heterocycles. The molecule has 2 nitrogen and oxygen atoms in total. The summed E-state index contributed by atoms with van der Waals surface area (Å²) in [7, 11) is 0. The smallest absolute Gasteiger partial charge is 0.384 e. The molecule has 0 saturated heterocycles. The van der Waals surface area contributed by atoms with Gasteiger partial charge in [0.05, 0.1) is 0 Å². The first-order valence-electron chi connectivity index (χ1n) is 4.31. The molecule has 0 aliphatic rings. The van der Waals surface area contributed by atoms with E-state index in [-0.39, 0.29) is 16.0 Å².